The van der Waals surface area contributed by atoms with Crippen LogP contribution in [0.2, 0.25) is 0 Å². The van der Waals surface area contributed by atoms with Gasteiger partial charge in [-0.3, -0.25) is 0 Å². The highest BCUT2D eigenvalue weighted by Crippen LogP contribution is 2.23. The summed E-state index contributed by atoms with van der Waals surface area (Å²) in [4.78, 5) is 2.32. The molecule has 0 amide bonds. The van der Waals surface area contributed by atoms with Crippen LogP contribution in [-0.2, 0) is 4.74 Å². The van der Waals surface area contributed by atoms with Gasteiger partial charge in [0.15, 0.2) is 0 Å². The van der Waals surface area contributed by atoms with Crippen molar-refractivity contribution in [1.82, 2.24) is 4.90 Å². The lowest BCUT2D eigenvalue weighted by Crippen LogP contribution is -2.29. The maximum Gasteiger partial charge on any atom is 0.133 e. The SMILES string of the molecule is CN(CCOc1ccccc1Br)C[C@H]1CCOC1. The van der Waals surface area contributed by atoms with E-state index in [1.54, 1.807) is 0 Å². The second-order valence-corrected chi connectivity index (χ2v) is 5.63. The van der Waals surface area contributed by atoms with Gasteiger partial charge >= 0.3 is 0 Å². The molecule has 100 valence electrons. The maximum absolute atomic E-state index is 5.75. The molecule has 0 N–H and O–H groups in total. The Bertz CT molecular complexity index is 367. The van der Waals surface area contributed by atoms with E-state index >= 15 is 0 Å². The summed E-state index contributed by atoms with van der Waals surface area (Å²) in [5, 5.41) is 0. The average molecular weight is 314 g/mol. The van der Waals surface area contributed by atoms with Gasteiger partial charge in [-0.25, -0.2) is 0 Å². The predicted molar refractivity (Wildman–Crippen MR) is 76.1 cm³/mol. The van der Waals surface area contributed by atoms with Crippen molar-refractivity contribution in [1.29, 1.82) is 0 Å². The number of likely N-dealkylation sites (N-methyl/N-ethyl adjacent to an activating group) is 1. The zero-order chi connectivity index (χ0) is 12.8. The minimum atomic E-state index is 0.693. The third-order valence-electron chi connectivity index (χ3n) is 3.16. The van der Waals surface area contributed by atoms with Crippen molar-refractivity contribution >= 4 is 15.9 Å². The van der Waals surface area contributed by atoms with E-state index in [9.17, 15) is 0 Å². The van der Waals surface area contributed by atoms with Crippen LogP contribution in [-0.4, -0.2) is 44.9 Å². The summed E-state index contributed by atoms with van der Waals surface area (Å²) < 4.78 is 12.1. The van der Waals surface area contributed by atoms with E-state index in [1.807, 2.05) is 24.3 Å². The zero-order valence-corrected chi connectivity index (χ0v) is 12.4. The van der Waals surface area contributed by atoms with Gasteiger partial charge in [0.05, 0.1) is 11.1 Å². The van der Waals surface area contributed by atoms with Crippen molar-refractivity contribution in [3.05, 3.63) is 28.7 Å². The number of rotatable bonds is 6. The minimum absolute atomic E-state index is 0.693. The molecule has 0 radical (unpaired) electrons. The van der Waals surface area contributed by atoms with Crippen LogP contribution in [0, 0.1) is 5.92 Å². The van der Waals surface area contributed by atoms with Crippen molar-refractivity contribution in [2.24, 2.45) is 5.92 Å². The van der Waals surface area contributed by atoms with Crippen LogP contribution in [0.5, 0.6) is 5.75 Å². The summed E-state index contributed by atoms with van der Waals surface area (Å²) in [5.41, 5.74) is 0. The second kappa shape index (κ2) is 7.12. The van der Waals surface area contributed by atoms with Crippen LogP contribution >= 0.6 is 15.9 Å². The van der Waals surface area contributed by atoms with Crippen LogP contribution < -0.4 is 4.74 Å². The van der Waals surface area contributed by atoms with Crippen LogP contribution in [0.25, 0.3) is 0 Å². The fourth-order valence-electron chi connectivity index (χ4n) is 2.13. The molecule has 18 heavy (non-hydrogen) atoms. The molecule has 1 aromatic rings. The summed E-state index contributed by atoms with van der Waals surface area (Å²) in [6.45, 7) is 4.59. The Balaban J connectivity index is 1.67. The van der Waals surface area contributed by atoms with E-state index < -0.39 is 0 Å². The molecule has 2 rings (SSSR count). The second-order valence-electron chi connectivity index (χ2n) is 4.77. The number of hydrogen-bond acceptors (Lipinski definition) is 3. The Morgan fingerprint density at radius 2 is 2.28 bits per heavy atom. The Kier molecular flexibility index (Phi) is 5.47. The van der Waals surface area contributed by atoms with Gasteiger partial charge in [-0.2, -0.15) is 0 Å². The molecule has 1 aliphatic rings. The van der Waals surface area contributed by atoms with E-state index in [2.05, 4.69) is 27.9 Å². The first-order valence-electron chi connectivity index (χ1n) is 6.39. The molecule has 1 heterocycles. The van der Waals surface area contributed by atoms with Gasteiger partial charge in [0.1, 0.15) is 12.4 Å². The molecule has 0 bridgehead atoms. The molecular formula is C14H20BrNO2. The van der Waals surface area contributed by atoms with Crippen molar-refractivity contribution in [3.8, 4) is 5.75 Å². The number of hydrogen-bond donors (Lipinski definition) is 0. The highest BCUT2D eigenvalue weighted by Gasteiger charge is 2.17. The van der Waals surface area contributed by atoms with E-state index in [0.717, 1.165) is 36.5 Å². The van der Waals surface area contributed by atoms with Crippen molar-refractivity contribution in [3.63, 3.8) is 0 Å². The first-order valence-corrected chi connectivity index (χ1v) is 7.18. The summed E-state index contributed by atoms with van der Waals surface area (Å²) in [6, 6.07) is 7.95. The van der Waals surface area contributed by atoms with E-state index in [1.165, 1.54) is 6.42 Å². The largest absolute Gasteiger partial charge is 0.491 e. The molecule has 1 saturated heterocycles. The summed E-state index contributed by atoms with van der Waals surface area (Å²) in [7, 11) is 2.14. The van der Waals surface area contributed by atoms with Crippen molar-refractivity contribution < 1.29 is 9.47 Å². The third-order valence-corrected chi connectivity index (χ3v) is 3.82. The highest BCUT2D eigenvalue weighted by molar-refractivity contribution is 9.10. The average Bonchev–Trinajstić information content (AvgIpc) is 2.84. The van der Waals surface area contributed by atoms with Crippen LogP contribution in [0.4, 0.5) is 0 Å². The Morgan fingerprint density at radius 3 is 3.00 bits per heavy atom. The first-order chi connectivity index (χ1) is 8.75. The fraction of sp³-hybridized carbons (Fsp3) is 0.571. The first kappa shape index (κ1) is 13.8. The number of ether oxygens (including phenoxy) is 2. The molecule has 4 heteroatoms. The molecule has 0 aliphatic carbocycles. The quantitative estimate of drug-likeness (QED) is 0.806. The van der Waals surface area contributed by atoms with E-state index in [4.69, 9.17) is 9.47 Å². The van der Waals surface area contributed by atoms with Gasteiger partial charge in [-0.05, 0) is 47.4 Å². The smallest absolute Gasteiger partial charge is 0.133 e. The molecule has 0 spiro atoms. The number of halogens is 1. The number of para-hydroxylation sites is 1. The zero-order valence-electron chi connectivity index (χ0n) is 10.8. The van der Waals surface area contributed by atoms with Gasteiger partial charge in [0.25, 0.3) is 0 Å². The van der Waals surface area contributed by atoms with E-state index in [-0.39, 0.29) is 0 Å². The standard InChI is InChI=1S/C14H20BrNO2/c1-16(10-12-6-8-17-11-12)7-9-18-14-5-3-2-4-13(14)15/h2-5,12H,6-11H2,1H3/t12-/m1/s1. The van der Waals surface area contributed by atoms with E-state index in [0.29, 0.717) is 12.5 Å². The maximum atomic E-state index is 5.75. The lowest BCUT2D eigenvalue weighted by Gasteiger charge is -2.20. The molecular weight excluding hydrogens is 294 g/mol. The topological polar surface area (TPSA) is 21.7 Å². The Labute approximate surface area is 117 Å². The number of nitrogens with zero attached hydrogens (tertiary/aromatic N) is 1. The summed E-state index contributed by atoms with van der Waals surface area (Å²) in [5.74, 6) is 1.61. The molecule has 0 aromatic heterocycles. The lowest BCUT2D eigenvalue weighted by molar-refractivity contribution is 0.167. The Hall–Kier alpha value is -0.580. The molecule has 0 saturated carbocycles. The van der Waals surface area contributed by atoms with Gasteiger partial charge in [0, 0.05) is 19.7 Å². The molecule has 0 unspecified atom stereocenters. The monoisotopic (exact) mass is 313 g/mol. The lowest BCUT2D eigenvalue weighted by atomic mass is 10.1. The summed E-state index contributed by atoms with van der Waals surface area (Å²) in [6.07, 6.45) is 1.19. The molecule has 1 aliphatic heterocycles. The van der Waals surface area contributed by atoms with Crippen molar-refractivity contribution in [2.45, 2.75) is 6.42 Å². The van der Waals surface area contributed by atoms with Crippen LogP contribution in [0.15, 0.2) is 28.7 Å². The fourth-order valence-corrected chi connectivity index (χ4v) is 2.53. The Morgan fingerprint density at radius 1 is 1.44 bits per heavy atom. The van der Waals surface area contributed by atoms with Crippen LogP contribution in [0.3, 0.4) is 0 Å². The van der Waals surface area contributed by atoms with Crippen molar-refractivity contribution in [2.75, 3.05) is 40.0 Å². The summed E-state index contributed by atoms with van der Waals surface area (Å²) >= 11 is 3.48. The highest BCUT2D eigenvalue weighted by atomic mass is 79.9. The minimum Gasteiger partial charge on any atom is -0.491 e. The van der Waals surface area contributed by atoms with Gasteiger partial charge in [0.2, 0.25) is 0 Å². The molecule has 1 aromatic carbocycles. The van der Waals surface area contributed by atoms with Crippen LogP contribution in [0.1, 0.15) is 6.42 Å². The third kappa shape index (κ3) is 4.26. The predicted octanol–water partition coefficient (Wildman–Crippen LogP) is 2.80. The molecule has 1 atom stereocenters. The van der Waals surface area contributed by atoms with Gasteiger partial charge in [-0.15, -0.1) is 0 Å². The molecule has 3 nitrogen and oxygen atoms in total. The number of benzene rings is 1. The normalized spacial score (nSPS) is 19.4. The van der Waals surface area contributed by atoms with Gasteiger partial charge < -0.3 is 14.4 Å². The van der Waals surface area contributed by atoms with Gasteiger partial charge in [-0.1, -0.05) is 12.1 Å². The molecule has 1 fully saturated rings.